The lowest BCUT2D eigenvalue weighted by atomic mass is 10.2. The second-order valence-electron chi connectivity index (χ2n) is 4.43. The number of aryl methyl sites for hydroxylation is 1. The Bertz CT molecular complexity index is 789. The zero-order valence-corrected chi connectivity index (χ0v) is 13.3. The van der Waals surface area contributed by atoms with Crippen molar-refractivity contribution in [2.45, 2.75) is 6.92 Å². The lowest BCUT2D eigenvalue weighted by Crippen LogP contribution is -2.22. The fourth-order valence-corrected chi connectivity index (χ4v) is 2.33. The van der Waals surface area contributed by atoms with Gasteiger partial charge in [-0.2, -0.15) is 0 Å². The van der Waals surface area contributed by atoms with E-state index in [4.69, 9.17) is 0 Å². The number of hydrogen-bond donors (Lipinski definition) is 1. The van der Waals surface area contributed by atoms with Crippen LogP contribution < -0.4 is 10.9 Å². The lowest BCUT2D eigenvalue weighted by molar-refractivity contribution is -0.384. The number of halogens is 2. The molecule has 0 unspecified atom stereocenters. The third-order valence-electron chi connectivity index (χ3n) is 2.95. The van der Waals surface area contributed by atoms with Gasteiger partial charge in [0.2, 0.25) is 0 Å². The zero-order chi connectivity index (χ0) is 15.7. The molecule has 2 rings (SSSR count). The summed E-state index contributed by atoms with van der Waals surface area (Å²) in [6.07, 6.45) is 0. The average molecular weight is 403 g/mol. The van der Waals surface area contributed by atoms with Crippen molar-refractivity contribution in [3.05, 3.63) is 59.7 Å². The molecule has 0 aliphatic rings. The molecule has 2 aromatic rings. The van der Waals surface area contributed by atoms with Crippen LogP contribution in [0.2, 0.25) is 0 Å². The van der Waals surface area contributed by atoms with E-state index in [1.165, 1.54) is 32.2 Å². The van der Waals surface area contributed by atoms with E-state index < -0.39 is 10.7 Å². The molecule has 0 spiro atoms. The molecule has 1 heterocycles. The van der Waals surface area contributed by atoms with Crippen LogP contribution in [0.1, 0.15) is 5.56 Å². The van der Waals surface area contributed by atoms with Gasteiger partial charge >= 0.3 is 5.69 Å². The van der Waals surface area contributed by atoms with Gasteiger partial charge in [-0.3, -0.25) is 19.5 Å². The molecule has 0 atom stereocenters. The highest BCUT2D eigenvalue weighted by molar-refractivity contribution is 14.1. The number of rotatable bonds is 3. The highest BCUT2D eigenvalue weighted by Crippen LogP contribution is 2.28. The number of pyridine rings is 1. The van der Waals surface area contributed by atoms with Crippen molar-refractivity contribution in [3.8, 4) is 0 Å². The third kappa shape index (κ3) is 3.04. The Kier molecular flexibility index (Phi) is 4.26. The molecule has 0 saturated carbocycles. The van der Waals surface area contributed by atoms with Crippen LogP contribution in [0, 0.1) is 26.4 Å². The van der Waals surface area contributed by atoms with Crippen LogP contribution in [0.5, 0.6) is 0 Å². The molecule has 1 N–H and O–H groups in total. The Hall–Kier alpha value is -1.97. The van der Waals surface area contributed by atoms with Crippen LogP contribution >= 0.6 is 22.6 Å². The van der Waals surface area contributed by atoms with Crippen molar-refractivity contribution in [3.63, 3.8) is 0 Å². The first-order valence-corrected chi connectivity index (χ1v) is 6.96. The largest absolute Gasteiger partial charge is 0.333 e. The van der Waals surface area contributed by atoms with Crippen molar-refractivity contribution in [2.75, 3.05) is 5.32 Å². The van der Waals surface area contributed by atoms with E-state index >= 15 is 0 Å². The summed E-state index contributed by atoms with van der Waals surface area (Å²) in [4.78, 5) is 22.4. The topological polar surface area (TPSA) is 77.2 Å². The summed E-state index contributed by atoms with van der Waals surface area (Å²) in [5, 5.41) is 13.8. The fourth-order valence-electron chi connectivity index (χ4n) is 1.88. The van der Waals surface area contributed by atoms with Crippen molar-refractivity contribution in [1.29, 1.82) is 0 Å². The van der Waals surface area contributed by atoms with Crippen molar-refractivity contribution in [1.82, 2.24) is 4.57 Å². The van der Waals surface area contributed by atoms with Gasteiger partial charge in [0.15, 0.2) is 5.82 Å². The van der Waals surface area contributed by atoms with E-state index in [0.717, 1.165) is 4.57 Å². The van der Waals surface area contributed by atoms with E-state index in [-0.39, 0.29) is 28.3 Å². The van der Waals surface area contributed by atoms with Gasteiger partial charge in [0.25, 0.3) is 5.56 Å². The predicted octanol–water partition coefficient (Wildman–Crippen LogP) is 3.09. The van der Waals surface area contributed by atoms with Gasteiger partial charge < -0.3 is 5.32 Å². The van der Waals surface area contributed by atoms with Gasteiger partial charge in [0.05, 0.1) is 10.6 Å². The van der Waals surface area contributed by atoms with Crippen LogP contribution in [0.15, 0.2) is 29.1 Å². The molecule has 0 bridgehead atoms. The van der Waals surface area contributed by atoms with Crippen LogP contribution in [0.25, 0.3) is 0 Å². The monoisotopic (exact) mass is 403 g/mol. The number of anilines is 2. The maximum Gasteiger partial charge on any atom is 0.310 e. The standard InChI is InChI=1S/C13H11FIN3O3/c1-7-5-11(18(20)21)12(17(2)13(7)19)16-10-4-3-8(15)6-9(10)14/h3-6,16H,1-2H3. The van der Waals surface area contributed by atoms with Crippen LogP contribution in [-0.2, 0) is 7.05 Å². The SMILES string of the molecule is Cc1cc([N+](=O)[O-])c(Nc2ccc(I)cc2F)n(C)c1=O. The molecule has 1 aromatic carbocycles. The Labute approximate surface area is 132 Å². The second kappa shape index (κ2) is 5.80. The summed E-state index contributed by atoms with van der Waals surface area (Å²) in [6, 6.07) is 5.59. The molecule has 110 valence electrons. The molecule has 0 amide bonds. The summed E-state index contributed by atoms with van der Waals surface area (Å²) in [7, 11) is 1.40. The highest BCUT2D eigenvalue weighted by Gasteiger charge is 2.20. The lowest BCUT2D eigenvalue weighted by Gasteiger charge is -2.13. The number of nitrogens with zero attached hydrogens (tertiary/aromatic N) is 2. The van der Waals surface area contributed by atoms with Gasteiger partial charge in [0, 0.05) is 22.2 Å². The first kappa shape index (κ1) is 15.4. The van der Waals surface area contributed by atoms with E-state index in [1.54, 1.807) is 6.07 Å². The maximum atomic E-state index is 13.9. The summed E-state index contributed by atoms with van der Waals surface area (Å²) < 4.78 is 15.7. The molecule has 8 heteroatoms. The third-order valence-corrected chi connectivity index (χ3v) is 3.63. The minimum Gasteiger partial charge on any atom is -0.333 e. The summed E-state index contributed by atoms with van der Waals surface area (Å²) in [5.74, 6) is -0.611. The average Bonchev–Trinajstić information content (AvgIpc) is 2.41. The Morgan fingerprint density at radius 1 is 1.38 bits per heavy atom. The van der Waals surface area contributed by atoms with Crippen molar-refractivity contribution < 1.29 is 9.31 Å². The Morgan fingerprint density at radius 3 is 2.62 bits per heavy atom. The normalized spacial score (nSPS) is 10.5. The van der Waals surface area contributed by atoms with Gasteiger partial charge in [-0.15, -0.1) is 0 Å². The van der Waals surface area contributed by atoms with Crippen LogP contribution in [0.4, 0.5) is 21.6 Å². The van der Waals surface area contributed by atoms with E-state index in [9.17, 15) is 19.3 Å². The first-order chi connectivity index (χ1) is 9.81. The van der Waals surface area contributed by atoms with Gasteiger partial charge in [-0.05, 0) is 47.7 Å². The molecule has 0 aliphatic heterocycles. The van der Waals surface area contributed by atoms with Crippen molar-refractivity contribution in [2.24, 2.45) is 7.05 Å². The Balaban J connectivity index is 2.60. The Morgan fingerprint density at radius 2 is 2.05 bits per heavy atom. The maximum absolute atomic E-state index is 13.9. The van der Waals surface area contributed by atoms with Crippen molar-refractivity contribution >= 4 is 39.8 Å². The minimum absolute atomic E-state index is 0.0595. The predicted molar refractivity (Wildman–Crippen MR) is 85.5 cm³/mol. The summed E-state index contributed by atoms with van der Waals surface area (Å²) >= 11 is 1.96. The number of nitro groups is 1. The fraction of sp³-hybridized carbons (Fsp3) is 0.154. The summed E-state index contributed by atoms with van der Waals surface area (Å²) in [6.45, 7) is 1.49. The quantitative estimate of drug-likeness (QED) is 0.486. The summed E-state index contributed by atoms with van der Waals surface area (Å²) in [5.41, 5.74) is -0.350. The molecular weight excluding hydrogens is 392 g/mol. The number of aromatic nitrogens is 1. The molecular formula is C13H11FIN3O3. The van der Waals surface area contributed by atoms with E-state index in [0.29, 0.717) is 3.57 Å². The molecule has 21 heavy (non-hydrogen) atoms. The number of hydrogen-bond acceptors (Lipinski definition) is 4. The van der Waals surface area contributed by atoms with E-state index in [1.807, 2.05) is 22.6 Å². The number of benzene rings is 1. The van der Waals surface area contributed by atoms with Gasteiger partial charge in [-0.1, -0.05) is 0 Å². The molecule has 0 fully saturated rings. The smallest absolute Gasteiger partial charge is 0.310 e. The van der Waals surface area contributed by atoms with Crippen LogP contribution in [0.3, 0.4) is 0 Å². The molecule has 0 saturated heterocycles. The minimum atomic E-state index is -0.612. The first-order valence-electron chi connectivity index (χ1n) is 5.88. The van der Waals surface area contributed by atoms with E-state index in [2.05, 4.69) is 5.32 Å². The van der Waals surface area contributed by atoms with Crippen LogP contribution in [-0.4, -0.2) is 9.49 Å². The molecule has 1 aromatic heterocycles. The number of nitrogens with one attached hydrogen (secondary N) is 1. The highest BCUT2D eigenvalue weighted by atomic mass is 127. The second-order valence-corrected chi connectivity index (χ2v) is 5.68. The zero-order valence-electron chi connectivity index (χ0n) is 11.2. The molecule has 0 aliphatic carbocycles. The van der Waals surface area contributed by atoms with Gasteiger partial charge in [0.1, 0.15) is 5.82 Å². The van der Waals surface area contributed by atoms with Gasteiger partial charge in [-0.25, -0.2) is 4.39 Å². The molecule has 6 nitrogen and oxygen atoms in total. The molecule has 0 radical (unpaired) electrons.